The summed E-state index contributed by atoms with van der Waals surface area (Å²) in [5.74, 6) is -0.00658. The summed E-state index contributed by atoms with van der Waals surface area (Å²) in [5, 5.41) is 2.94. The number of carbonyl (C=O) groups excluding carboxylic acids is 1. The van der Waals surface area contributed by atoms with Gasteiger partial charge in [-0.1, -0.05) is 13.3 Å². The zero-order valence-corrected chi connectivity index (χ0v) is 10.5. The molecule has 2 atom stereocenters. The summed E-state index contributed by atoms with van der Waals surface area (Å²) in [6.45, 7) is 7.25. The lowest BCUT2D eigenvalue weighted by Crippen LogP contribution is -2.46. The molecule has 0 saturated carbocycles. The molecular weight excluding hydrogens is 202 g/mol. The number of nitrogens with zero attached hydrogens (tertiary/aromatic N) is 1. The summed E-state index contributed by atoms with van der Waals surface area (Å²) in [7, 11) is 0. The molecular formula is C12H25N3O. The van der Waals surface area contributed by atoms with Gasteiger partial charge in [0.05, 0.1) is 6.04 Å². The van der Waals surface area contributed by atoms with Crippen LogP contribution in [0.2, 0.25) is 0 Å². The van der Waals surface area contributed by atoms with Crippen LogP contribution in [0.25, 0.3) is 0 Å². The minimum absolute atomic E-state index is 0.00658. The molecule has 0 aromatic rings. The maximum atomic E-state index is 11.6. The number of hydrogen-bond acceptors (Lipinski definition) is 3. The minimum atomic E-state index is -0.337. The van der Waals surface area contributed by atoms with E-state index in [4.69, 9.17) is 5.73 Å². The topological polar surface area (TPSA) is 58.4 Å². The highest BCUT2D eigenvalue weighted by Gasteiger charge is 2.19. The molecule has 94 valence electrons. The van der Waals surface area contributed by atoms with Crippen LogP contribution in [-0.2, 0) is 4.79 Å². The zero-order chi connectivity index (χ0) is 12.0. The van der Waals surface area contributed by atoms with Crippen molar-refractivity contribution in [1.29, 1.82) is 0 Å². The third kappa shape index (κ3) is 4.10. The first kappa shape index (κ1) is 13.5. The second-order valence-corrected chi connectivity index (χ2v) is 4.73. The highest BCUT2D eigenvalue weighted by molar-refractivity contribution is 5.81. The van der Waals surface area contributed by atoms with Gasteiger partial charge in [0, 0.05) is 12.6 Å². The van der Waals surface area contributed by atoms with Crippen molar-refractivity contribution in [2.75, 3.05) is 19.6 Å². The van der Waals surface area contributed by atoms with Crippen LogP contribution in [0.5, 0.6) is 0 Å². The molecule has 3 N–H and O–H groups in total. The normalized spacial score (nSPS) is 20.7. The highest BCUT2D eigenvalue weighted by atomic mass is 16.2. The molecule has 1 rings (SSSR count). The summed E-state index contributed by atoms with van der Waals surface area (Å²) >= 11 is 0. The molecule has 0 bridgehead atoms. The van der Waals surface area contributed by atoms with Crippen LogP contribution < -0.4 is 11.1 Å². The molecule has 1 fully saturated rings. The fraction of sp³-hybridized carbons (Fsp3) is 0.917. The molecule has 0 spiro atoms. The maximum absolute atomic E-state index is 11.6. The van der Waals surface area contributed by atoms with Gasteiger partial charge in [-0.3, -0.25) is 9.69 Å². The number of nitrogens with two attached hydrogens (primary N) is 1. The molecule has 1 aliphatic rings. The number of hydrogen-bond donors (Lipinski definition) is 2. The Morgan fingerprint density at radius 1 is 1.44 bits per heavy atom. The van der Waals surface area contributed by atoms with Crippen LogP contribution in [0.15, 0.2) is 0 Å². The van der Waals surface area contributed by atoms with Crippen LogP contribution in [0.1, 0.15) is 39.5 Å². The smallest absolute Gasteiger partial charge is 0.236 e. The summed E-state index contributed by atoms with van der Waals surface area (Å²) in [4.78, 5) is 14.0. The fourth-order valence-electron chi connectivity index (χ4n) is 2.13. The van der Waals surface area contributed by atoms with E-state index in [1.165, 1.54) is 12.8 Å². The van der Waals surface area contributed by atoms with E-state index in [0.717, 1.165) is 32.5 Å². The average molecular weight is 227 g/mol. The SMILES string of the molecule is CCCC(N)C(=O)NCC(C)N1CCCC1. The van der Waals surface area contributed by atoms with Crippen molar-refractivity contribution in [3.63, 3.8) is 0 Å². The Morgan fingerprint density at radius 3 is 2.62 bits per heavy atom. The molecule has 0 aromatic heterocycles. The lowest BCUT2D eigenvalue weighted by Gasteiger charge is -2.24. The summed E-state index contributed by atoms with van der Waals surface area (Å²) < 4.78 is 0. The van der Waals surface area contributed by atoms with E-state index in [9.17, 15) is 4.79 Å². The van der Waals surface area contributed by atoms with E-state index in [1.54, 1.807) is 0 Å². The van der Waals surface area contributed by atoms with Crippen LogP contribution in [0.3, 0.4) is 0 Å². The first-order valence-corrected chi connectivity index (χ1v) is 6.42. The summed E-state index contributed by atoms with van der Waals surface area (Å²) in [5.41, 5.74) is 5.74. The van der Waals surface area contributed by atoms with Crippen LogP contribution in [-0.4, -0.2) is 42.5 Å². The summed E-state index contributed by atoms with van der Waals surface area (Å²) in [6, 6.07) is 0.0936. The molecule has 1 amide bonds. The fourth-order valence-corrected chi connectivity index (χ4v) is 2.13. The van der Waals surface area contributed by atoms with Gasteiger partial charge in [-0.05, 0) is 39.3 Å². The molecule has 16 heavy (non-hydrogen) atoms. The van der Waals surface area contributed by atoms with Crippen LogP contribution >= 0.6 is 0 Å². The molecule has 0 aromatic carbocycles. The lowest BCUT2D eigenvalue weighted by atomic mass is 10.1. The van der Waals surface area contributed by atoms with Gasteiger partial charge in [0.2, 0.25) is 5.91 Å². The van der Waals surface area contributed by atoms with Crippen molar-refractivity contribution in [3.8, 4) is 0 Å². The maximum Gasteiger partial charge on any atom is 0.236 e. The van der Waals surface area contributed by atoms with E-state index in [-0.39, 0.29) is 11.9 Å². The second kappa shape index (κ2) is 6.86. The monoisotopic (exact) mass is 227 g/mol. The Morgan fingerprint density at radius 2 is 2.06 bits per heavy atom. The largest absolute Gasteiger partial charge is 0.353 e. The standard InChI is InChI=1S/C12H25N3O/c1-3-6-11(13)12(16)14-9-10(2)15-7-4-5-8-15/h10-11H,3-9,13H2,1-2H3,(H,14,16). The van der Waals surface area contributed by atoms with Gasteiger partial charge in [0.25, 0.3) is 0 Å². The number of rotatable bonds is 6. The van der Waals surface area contributed by atoms with Gasteiger partial charge in [-0.15, -0.1) is 0 Å². The zero-order valence-electron chi connectivity index (χ0n) is 10.5. The third-order valence-electron chi connectivity index (χ3n) is 3.27. The molecule has 4 heteroatoms. The Hall–Kier alpha value is -0.610. The molecule has 0 radical (unpaired) electrons. The van der Waals surface area contributed by atoms with Crippen molar-refractivity contribution in [2.24, 2.45) is 5.73 Å². The number of likely N-dealkylation sites (tertiary alicyclic amines) is 1. The lowest BCUT2D eigenvalue weighted by molar-refractivity contribution is -0.122. The average Bonchev–Trinajstić information content (AvgIpc) is 2.79. The Bertz CT molecular complexity index is 214. The van der Waals surface area contributed by atoms with Crippen LogP contribution in [0.4, 0.5) is 0 Å². The predicted octanol–water partition coefficient (Wildman–Crippen LogP) is 0.714. The Kier molecular flexibility index (Phi) is 5.77. The highest BCUT2D eigenvalue weighted by Crippen LogP contribution is 2.10. The molecule has 2 unspecified atom stereocenters. The van der Waals surface area contributed by atoms with Gasteiger partial charge in [-0.2, -0.15) is 0 Å². The molecule has 1 aliphatic heterocycles. The van der Waals surface area contributed by atoms with Crippen molar-refractivity contribution in [2.45, 2.75) is 51.6 Å². The van der Waals surface area contributed by atoms with E-state index in [0.29, 0.717) is 6.04 Å². The van der Waals surface area contributed by atoms with Crippen molar-refractivity contribution in [3.05, 3.63) is 0 Å². The van der Waals surface area contributed by atoms with Gasteiger partial charge < -0.3 is 11.1 Å². The number of amides is 1. The van der Waals surface area contributed by atoms with E-state index in [2.05, 4.69) is 17.1 Å². The van der Waals surface area contributed by atoms with Gasteiger partial charge >= 0.3 is 0 Å². The van der Waals surface area contributed by atoms with Gasteiger partial charge in [-0.25, -0.2) is 0 Å². The first-order chi connectivity index (χ1) is 7.65. The quantitative estimate of drug-likeness (QED) is 0.703. The van der Waals surface area contributed by atoms with Crippen LogP contribution in [0, 0.1) is 0 Å². The Labute approximate surface area is 98.6 Å². The van der Waals surface area contributed by atoms with Crippen molar-refractivity contribution >= 4 is 5.91 Å². The van der Waals surface area contributed by atoms with E-state index in [1.807, 2.05) is 6.92 Å². The Balaban J connectivity index is 2.19. The first-order valence-electron chi connectivity index (χ1n) is 6.42. The van der Waals surface area contributed by atoms with E-state index < -0.39 is 0 Å². The minimum Gasteiger partial charge on any atom is -0.353 e. The molecule has 1 heterocycles. The van der Waals surface area contributed by atoms with Crippen molar-refractivity contribution in [1.82, 2.24) is 10.2 Å². The molecule has 4 nitrogen and oxygen atoms in total. The number of carbonyl (C=O) groups is 1. The number of nitrogens with one attached hydrogen (secondary N) is 1. The predicted molar refractivity (Wildman–Crippen MR) is 66.2 cm³/mol. The third-order valence-corrected chi connectivity index (χ3v) is 3.27. The summed E-state index contributed by atoms with van der Waals surface area (Å²) in [6.07, 6.45) is 4.29. The van der Waals surface area contributed by atoms with Gasteiger partial charge in [0.1, 0.15) is 0 Å². The van der Waals surface area contributed by atoms with Gasteiger partial charge in [0.15, 0.2) is 0 Å². The van der Waals surface area contributed by atoms with Crippen molar-refractivity contribution < 1.29 is 4.79 Å². The van der Waals surface area contributed by atoms with E-state index >= 15 is 0 Å². The molecule has 1 saturated heterocycles. The molecule has 0 aliphatic carbocycles. The second-order valence-electron chi connectivity index (χ2n) is 4.73.